The quantitative estimate of drug-likeness (QED) is 0.0897. The number of aromatic nitrogens is 1. The Morgan fingerprint density at radius 2 is 1.05 bits per heavy atom. The number of pyridine rings is 1. The third-order valence-corrected chi connectivity index (χ3v) is 10.5. The number of ketones is 2. The van der Waals surface area contributed by atoms with Crippen LogP contribution in [0.4, 0.5) is 5.69 Å². The molecule has 1 aliphatic carbocycles. The molecule has 0 unspecified atom stereocenters. The number of rotatable bonds is 2. The maximum absolute atomic E-state index is 13.6. The molecule has 0 atom stereocenters. The molecule has 6 nitrogen and oxygen atoms in total. The lowest BCUT2D eigenvalue weighted by molar-refractivity contribution is 0.0882. The van der Waals surface area contributed by atoms with E-state index >= 15 is 0 Å². The van der Waals surface area contributed by atoms with Crippen molar-refractivity contribution in [3.8, 4) is 0 Å². The number of anilines is 1. The van der Waals surface area contributed by atoms with Gasteiger partial charge in [-0.15, -0.1) is 0 Å². The van der Waals surface area contributed by atoms with E-state index in [0.717, 1.165) is 4.90 Å². The molecule has 14 heteroatoms. The minimum Gasteiger partial charge on any atom is -0.293 e. The van der Waals surface area contributed by atoms with Crippen molar-refractivity contribution in [3.63, 3.8) is 0 Å². The first-order chi connectivity index (χ1) is 19.3. The van der Waals surface area contributed by atoms with Crippen LogP contribution in [0.15, 0.2) is 24.3 Å². The fraction of sp³-hybridized carbons (Fsp3) is 0.0741. The minimum atomic E-state index is -1.43. The van der Waals surface area contributed by atoms with E-state index in [4.69, 9.17) is 92.8 Å². The summed E-state index contributed by atoms with van der Waals surface area (Å²) in [5.41, 5.74) is 0.146. The van der Waals surface area contributed by atoms with Crippen LogP contribution in [0.2, 0.25) is 40.2 Å². The molecule has 6 rings (SSSR count). The van der Waals surface area contributed by atoms with E-state index < -0.39 is 29.3 Å². The maximum atomic E-state index is 13.6. The molecule has 1 aromatic heterocycles. The van der Waals surface area contributed by atoms with Crippen LogP contribution in [0.1, 0.15) is 58.6 Å². The predicted octanol–water partition coefficient (Wildman–Crippen LogP) is 9.73. The largest absolute Gasteiger partial charge is 0.293 e. The summed E-state index contributed by atoms with van der Waals surface area (Å²) in [4.78, 5) is 59.6. The molecule has 0 N–H and O–H groups in total. The molecule has 0 bridgehead atoms. The number of amides is 2. The molecule has 206 valence electrons. The van der Waals surface area contributed by atoms with Crippen LogP contribution < -0.4 is 4.90 Å². The number of fused-ring (bicyclic) bond motifs is 3. The molecule has 4 aromatic rings. The van der Waals surface area contributed by atoms with Crippen LogP contribution >= 0.6 is 92.8 Å². The number of halogens is 8. The first kappa shape index (κ1) is 29.0. The van der Waals surface area contributed by atoms with Gasteiger partial charge < -0.3 is 0 Å². The lowest BCUT2D eigenvalue weighted by Crippen LogP contribution is -2.30. The van der Waals surface area contributed by atoms with E-state index in [-0.39, 0.29) is 79.3 Å². The van der Waals surface area contributed by atoms with Crippen molar-refractivity contribution in [3.05, 3.63) is 98.0 Å². The smallest absolute Gasteiger partial charge is 0.267 e. The molecular formula is C27H8Cl8N2O4. The normalized spacial score (nSPS) is 15.0. The van der Waals surface area contributed by atoms with E-state index in [1.807, 2.05) is 0 Å². The fourth-order valence-corrected chi connectivity index (χ4v) is 7.10. The number of nitrogens with zero attached hydrogens (tertiary/aromatic N) is 2. The highest BCUT2D eigenvalue weighted by molar-refractivity contribution is 6.57. The molecule has 0 spiro atoms. The van der Waals surface area contributed by atoms with Crippen LogP contribution in [-0.2, 0) is 0 Å². The van der Waals surface area contributed by atoms with Crippen molar-refractivity contribution in [2.45, 2.75) is 12.8 Å². The number of imide groups is 1. The molecule has 0 saturated carbocycles. The first-order valence-electron chi connectivity index (χ1n) is 11.4. The summed E-state index contributed by atoms with van der Waals surface area (Å²) in [5, 5.41) is -1.03. The number of benzene rings is 3. The molecule has 0 fully saturated rings. The Morgan fingerprint density at radius 1 is 0.610 bits per heavy atom. The van der Waals surface area contributed by atoms with Crippen molar-refractivity contribution in [2.24, 2.45) is 0 Å². The number of carbonyl (C=O) groups is 4. The Morgan fingerprint density at radius 3 is 1.51 bits per heavy atom. The molecule has 2 aliphatic rings. The Hall–Kier alpha value is -2.13. The monoisotopic (exact) mass is 704 g/mol. The van der Waals surface area contributed by atoms with Crippen LogP contribution in [0.25, 0.3) is 10.9 Å². The lowest BCUT2D eigenvalue weighted by atomic mass is 9.98. The van der Waals surface area contributed by atoms with Gasteiger partial charge in [0.2, 0.25) is 0 Å². The van der Waals surface area contributed by atoms with Crippen LogP contribution in [0.3, 0.4) is 0 Å². The summed E-state index contributed by atoms with van der Waals surface area (Å²) < 4.78 is 0. The van der Waals surface area contributed by atoms with E-state index in [0.29, 0.717) is 10.9 Å². The van der Waals surface area contributed by atoms with Crippen molar-refractivity contribution in [1.29, 1.82) is 0 Å². The number of carbonyl (C=O) groups excluding carboxylic acids is 4. The average Bonchev–Trinajstić information content (AvgIpc) is 3.35. The molecule has 0 saturated heterocycles. The molecule has 2 amide bonds. The molecule has 1 aliphatic heterocycles. The third-order valence-electron chi connectivity index (χ3n) is 6.86. The standard InChI is InChI=1S/C27H8Cl8N2O4/c1-6-4-7-2-3-8(10-24(38)11-12(25(10)39)16(29)20(33)19(32)15(11)28)36-23(7)9(5-6)37-26(40)13-14(27(37)41)18(31)22(35)21(34)17(13)30/h2-5,10H,1H3. The Labute approximate surface area is 270 Å². The molecule has 0 radical (unpaired) electrons. The topological polar surface area (TPSA) is 84.4 Å². The second-order valence-corrected chi connectivity index (χ2v) is 12.2. The second kappa shape index (κ2) is 9.97. The summed E-state index contributed by atoms with van der Waals surface area (Å²) in [5.74, 6) is -4.41. The van der Waals surface area contributed by atoms with Gasteiger partial charge >= 0.3 is 0 Å². The molecular weight excluding hydrogens is 700 g/mol. The van der Waals surface area contributed by atoms with Gasteiger partial charge in [0.15, 0.2) is 11.6 Å². The van der Waals surface area contributed by atoms with Crippen molar-refractivity contribution in [2.75, 3.05) is 4.90 Å². The van der Waals surface area contributed by atoms with Gasteiger partial charge in [0.1, 0.15) is 5.92 Å². The Bertz CT molecular complexity index is 1900. The zero-order valence-corrected chi connectivity index (χ0v) is 26.0. The fourth-order valence-electron chi connectivity index (χ4n) is 5.05. The summed E-state index contributed by atoms with van der Waals surface area (Å²) >= 11 is 49.8. The van der Waals surface area contributed by atoms with Gasteiger partial charge in [-0.1, -0.05) is 98.9 Å². The lowest BCUT2D eigenvalue weighted by Gasteiger charge is -2.18. The zero-order chi connectivity index (χ0) is 29.8. The van der Waals surface area contributed by atoms with Crippen LogP contribution in [0.5, 0.6) is 0 Å². The summed E-state index contributed by atoms with van der Waals surface area (Å²) in [6.45, 7) is 1.75. The van der Waals surface area contributed by atoms with Crippen LogP contribution in [0, 0.1) is 6.92 Å². The first-order valence-corrected chi connectivity index (χ1v) is 14.4. The molecule has 41 heavy (non-hydrogen) atoms. The van der Waals surface area contributed by atoms with Gasteiger partial charge in [0.25, 0.3) is 11.8 Å². The van der Waals surface area contributed by atoms with Gasteiger partial charge in [0.05, 0.1) is 79.3 Å². The second-order valence-electron chi connectivity index (χ2n) is 9.21. The van der Waals surface area contributed by atoms with E-state index in [2.05, 4.69) is 4.98 Å². The van der Waals surface area contributed by atoms with Gasteiger partial charge in [-0.2, -0.15) is 0 Å². The van der Waals surface area contributed by atoms with Gasteiger partial charge in [-0.3, -0.25) is 19.2 Å². The van der Waals surface area contributed by atoms with E-state index in [9.17, 15) is 19.2 Å². The van der Waals surface area contributed by atoms with Crippen LogP contribution in [-0.4, -0.2) is 28.4 Å². The summed E-state index contributed by atoms with van der Waals surface area (Å²) in [7, 11) is 0. The summed E-state index contributed by atoms with van der Waals surface area (Å²) in [6, 6.07) is 6.39. The highest BCUT2D eigenvalue weighted by Crippen LogP contribution is 2.49. The Kier molecular flexibility index (Phi) is 7.04. The highest BCUT2D eigenvalue weighted by Gasteiger charge is 2.46. The summed E-state index contributed by atoms with van der Waals surface area (Å²) in [6.07, 6.45) is 0. The number of Topliss-reactive ketones (excluding diaryl/α,β-unsaturated/α-hetero) is 2. The molecule has 2 heterocycles. The van der Waals surface area contributed by atoms with Crippen molar-refractivity contribution in [1.82, 2.24) is 4.98 Å². The highest BCUT2D eigenvalue weighted by atomic mass is 35.5. The number of hydrogen-bond donors (Lipinski definition) is 0. The predicted molar refractivity (Wildman–Crippen MR) is 162 cm³/mol. The average molecular weight is 708 g/mol. The van der Waals surface area contributed by atoms with Gasteiger partial charge in [-0.25, -0.2) is 9.88 Å². The minimum absolute atomic E-state index is 0.0203. The van der Waals surface area contributed by atoms with Gasteiger partial charge in [-0.05, 0) is 30.7 Å². The maximum Gasteiger partial charge on any atom is 0.267 e. The number of hydrogen-bond acceptors (Lipinski definition) is 5. The van der Waals surface area contributed by atoms with Gasteiger partial charge in [0, 0.05) is 5.39 Å². The van der Waals surface area contributed by atoms with Crippen molar-refractivity contribution < 1.29 is 19.2 Å². The number of aryl methyl sites for hydroxylation is 1. The third kappa shape index (κ3) is 3.96. The zero-order valence-electron chi connectivity index (χ0n) is 19.9. The van der Waals surface area contributed by atoms with Crippen molar-refractivity contribution >= 4 is 133 Å². The SMILES string of the molecule is Cc1cc(N2C(=O)c3c(Cl)c(Cl)c(Cl)c(Cl)c3C2=O)c2nc(C3C(=O)c4c(Cl)c(Cl)c(Cl)c(Cl)c4C3=O)ccc2c1. The molecule has 3 aromatic carbocycles. The van der Waals surface area contributed by atoms with E-state index in [1.165, 1.54) is 6.07 Å². The Balaban J connectivity index is 1.54. The van der Waals surface area contributed by atoms with E-state index in [1.54, 1.807) is 25.1 Å².